The Bertz CT molecular complexity index is 630. The van der Waals surface area contributed by atoms with Gasteiger partial charge in [-0.25, -0.2) is 0 Å². The lowest BCUT2D eigenvalue weighted by molar-refractivity contribution is 0.587. The maximum atomic E-state index is 12.1. The molecule has 0 amide bonds. The molecule has 2 aromatic rings. The van der Waals surface area contributed by atoms with E-state index in [0.717, 1.165) is 10.8 Å². The van der Waals surface area contributed by atoms with Gasteiger partial charge in [0.05, 0.1) is 0 Å². The number of fused-ring (bicyclic) bond motifs is 1. The molecule has 0 N–H and O–H groups in total. The first-order valence-electron chi connectivity index (χ1n) is 5.92. The van der Waals surface area contributed by atoms with Gasteiger partial charge in [-0.3, -0.25) is 4.79 Å². The van der Waals surface area contributed by atoms with Crippen LogP contribution in [0.3, 0.4) is 0 Å². The number of benzene rings is 1. The number of rotatable bonds is 0. The van der Waals surface area contributed by atoms with Crippen LogP contribution >= 0.6 is 0 Å². The Balaban J connectivity index is 3.05. The van der Waals surface area contributed by atoms with Crippen LogP contribution in [0, 0.1) is 6.92 Å². The fourth-order valence-electron chi connectivity index (χ4n) is 2.28. The van der Waals surface area contributed by atoms with Crippen molar-refractivity contribution in [3.63, 3.8) is 0 Å². The third-order valence-electron chi connectivity index (χ3n) is 3.22. The second kappa shape index (κ2) is 3.73. The van der Waals surface area contributed by atoms with Crippen molar-refractivity contribution >= 4 is 10.8 Å². The largest absolute Gasteiger partial charge is 0.318 e. The van der Waals surface area contributed by atoms with Crippen LogP contribution in [0.25, 0.3) is 10.8 Å². The van der Waals surface area contributed by atoms with Gasteiger partial charge in [-0.2, -0.15) is 0 Å². The number of aromatic nitrogens is 1. The highest BCUT2D eigenvalue weighted by Gasteiger charge is 2.19. The molecule has 0 aliphatic rings. The summed E-state index contributed by atoms with van der Waals surface area (Å²) in [6.45, 7) is 8.60. The molecule has 1 aromatic carbocycles. The normalized spacial score (nSPS) is 12.1. The van der Waals surface area contributed by atoms with Gasteiger partial charge in [0.25, 0.3) is 5.56 Å². The molecule has 0 fully saturated rings. The van der Waals surface area contributed by atoms with Crippen LogP contribution in [0.1, 0.15) is 31.9 Å². The average molecular weight is 229 g/mol. The second-order valence-corrected chi connectivity index (χ2v) is 5.71. The topological polar surface area (TPSA) is 22.0 Å². The van der Waals surface area contributed by atoms with Gasteiger partial charge in [-0.15, -0.1) is 0 Å². The summed E-state index contributed by atoms with van der Waals surface area (Å²) in [6.07, 6.45) is 1.97. The van der Waals surface area contributed by atoms with Gasteiger partial charge in [-0.05, 0) is 34.9 Å². The summed E-state index contributed by atoms with van der Waals surface area (Å²) in [6, 6.07) is 5.93. The van der Waals surface area contributed by atoms with Crippen molar-refractivity contribution in [3.05, 3.63) is 45.9 Å². The van der Waals surface area contributed by atoms with E-state index >= 15 is 0 Å². The molecule has 2 nitrogen and oxygen atoms in total. The number of nitrogens with zero attached hydrogens (tertiary/aromatic N) is 1. The third-order valence-corrected chi connectivity index (χ3v) is 3.22. The summed E-state index contributed by atoms with van der Waals surface area (Å²) in [5, 5.41) is 1.93. The lowest BCUT2D eigenvalue weighted by Crippen LogP contribution is -2.22. The molecule has 0 spiro atoms. The Labute approximate surface area is 102 Å². The van der Waals surface area contributed by atoms with E-state index in [1.807, 2.05) is 25.4 Å². The summed E-state index contributed by atoms with van der Waals surface area (Å²) >= 11 is 0. The molecule has 0 saturated heterocycles. The van der Waals surface area contributed by atoms with Gasteiger partial charge in [-0.1, -0.05) is 32.9 Å². The van der Waals surface area contributed by atoms with Crippen molar-refractivity contribution in [1.82, 2.24) is 4.57 Å². The third kappa shape index (κ3) is 1.88. The van der Waals surface area contributed by atoms with E-state index < -0.39 is 0 Å². The predicted molar refractivity (Wildman–Crippen MR) is 72.6 cm³/mol. The summed E-state index contributed by atoms with van der Waals surface area (Å²) < 4.78 is 1.68. The fourth-order valence-corrected chi connectivity index (χ4v) is 2.28. The first kappa shape index (κ1) is 11.9. The monoisotopic (exact) mass is 229 g/mol. The predicted octanol–water partition coefficient (Wildman–Crippen LogP) is 3.14. The zero-order valence-electron chi connectivity index (χ0n) is 11.2. The second-order valence-electron chi connectivity index (χ2n) is 5.71. The zero-order chi connectivity index (χ0) is 12.8. The molecular weight excluding hydrogens is 210 g/mol. The van der Waals surface area contributed by atoms with Crippen LogP contribution in [0.2, 0.25) is 0 Å². The SMILES string of the molecule is Cc1cccc2c(=O)n(C)cc(C(C)(C)C)c12. The maximum Gasteiger partial charge on any atom is 0.258 e. The van der Waals surface area contributed by atoms with E-state index in [4.69, 9.17) is 0 Å². The summed E-state index contributed by atoms with van der Waals surface area (Å²) in [5.41, 5.74) is 2.52. The van der Waals surface area contributed by atoms with E-state index in [1.165, 1.54) is 11.1 Å². The highest BCUT2D eigenvalue weighted by Crippen LogP contribution is 2.30. The molecule has 0 radical (unpaired) electrons. The van der Waals surface area contributed by atoms with Crippen molar-refractivity contribution in [1.29, 1.82) is 0 Å². The van der Waals surface area contributed by atoms with Crippen LogP contribution < -0.4 is 5.56 Å². The molecular formula is C15H19NO. The Morgan fingerprint density at radius 1 is 1.18 bits per heavy atom. The number of aryl methyl sites for hydroxylation is 2. The van der Waals surface area contributed by atoms with Crippen molar-refractivity contribution in [2.24, 2.45) is 7.05 Å². The smallest absolute Gasteiger partial charge is 0.258 e. The Morgan fingerprint density at radius 2 is 1.82 bits per heavy atom. The number of hydrogen-bond donors (Lipinski definition) is 0. The van der Waals surface area contributed by atoms with E-state index in [2.05, 4.69) is 33.8 Å². The Morgan fingerprint density at radius 3 is 2.41 bits per heavy atom. The zero-order valence-corrected chi connectivity index (χ0v) is 11.2. The molecule has 0 saturated carbocycles. The van der Waals surface area contributed by atoms with Crippen LogP contribution in [0.15, 0.2) is 29.2 Å². The van der Waals surface area contributed by atoms with E-state index in [9.17, 15) is 4.79 Å². The standard InChI is InChI=1S/C15H19NO/c1-10-7-6-8-11-13(10)12(15(2,3)4)9-16(5)14(11)17/h6-9H,1-5H3. The molecule has 2 heteroatoms. The van der Waals surface area contributed by atoms with Crippen molar-refractivity contribution in [3.8, 4) is 0 Å². The summed E-state index contributed by atoms with van der Waals surface area (Å²) in [5.74, 6) is 0. The quantitative estimate of drug-likeness (QED) is 0.680. The van der Waals surface area contributed by atoms with Crippen LogP contribution in [-0.2, 0) is 12.5 Å². The van der Waals surface area contributed by atoms with E-state index in [-0.39, 0.29) is 11.0 Å². The number of pyridine rings is 1. The van der Waals surface area contributed by atoms with Gasteiger partial charge in [0, 0.05) is 18.6 Å². The molecule has 0 atom stereocenters. The van der Waals surface area contributed by atoms with Gasteiger partial charge < -0.3 is 4.57 Å². The molecule has 2 rings (SSSR count). The maximum absolute atomic E-state index is 12.1. The molecule has 17 heavy (non-hydrogen) atoms. The highest BCUT2D eigenvalue weighted by molar-refractivity contribution is 5.88. The Hall–Kier alpha value is -1.57. The molecule has 0 aliphatic heterocycles. The van der Waals surface area contributed by atoms with Crippen molar-refractivity contribution in [2.75, 3.05) is 0 Å². The van der Waals surface area contributed by atoms with Gasteiger partial charge in [0.2, 0.25) is 0 Å². The summed E-state index contributed by atoms with van der Waals surface area (Å²) in [4.78, 5) is 12.1. The minimum absolute atomic E-state index is 0.0375. The molecule has 1 aromatic heterocycles. The average Bonchev–Trinajstić information content (AvgIpc) is 2.22. The van der Waals surface area contributed by atoms with Gasteiger partial charge in [0.1, 0.15) is 0 Å². The Kier molecular flexibility index (Phi) is 2.61. The molecule has 0 aliphatic carbocycles. The van der Waals surface area contributed by atoms with Gasteiger partial charge >= 0.3 is 0 Å². The van der Waals surface area contributed by atoms with E-state index in [0.29, 0.717) is 0 Å². The van der Waals surface area contributed by atoms with E-state index in [1.54, 1.807) is 4.57 Å². The minimum Gasteiger partial charge on any atom is -0.318 e. The van der Waals surface area contributed by atoms with Crippen LogP contribution in [0.4, 0.5) is 0 Å². The fraction of sp³-hybridized carbons (Fsp3) is 0.400. The number of hydrogen-bond acceptors (Lipinski definition) is 1. The van der Waals surface area contributed by atoms with Crippen LogP contribution in [0.5, 0.6) is 0 Å². The lowest BCUT2D eigenvalue weighted by atomic mass is 9.84. The summed E-state index contributed by atoms with van der Waals surface area (Å²) in [7, 11) is 1.82. The first-order chi connectivity index (χ1) is 7.82. The van der Waals surface area contributed by atoms with Gasteiger partial charge in [0.15, 0.2) is 0 Å². The molecule has 0 bridgehead atoms. The minimum atomic E-state index is 0.0375. The molecule has 90 valence electrons. The first-order valence-corrected chi connectivity index (χ1v) is 5.92. The van der Waals surface area contributed by atoms with Crippen molar-refractivity contribution in [2.45, 2.75) is 33.1 Å². The molecule has 1 heterocycles. The highest BCUT2D eigenvalue weighted by atomic mass is 16.1. The van der Waals surface area contributed by atoms with Crippen molar-refractivity contribution < 1.29 is 0 Å². The molecule has 0 unspecified atom stereocenters. The lowest BCUT2D eigenvalue weighted by Gasteiger charge is -2.23. The van der Waals surface area contributed by atoms with Crippen LogP contribution in [-0.4, -0.2) is 4.57 Å².